The molecule has 0 unspecified atom stereocenters. The van der Waals surface area contributed by atoms with Gasteiger partial charge in [-0.3, -0.25) is 28.4 Å². The molecule has 28 heteroatoms. The number of nitrogens with zero attached hydrogens (tertiary/aromatic N) is 25. The van der Waals surface area contributed by atoms with Crippen molar-refractivity contribution in [1.82, 2.24) is 92.7 Å². The summed E-state index contributed by atoms with van der Waals surface area (Å²) in [6.07, 6.45) is 37.9. The number of hydrogen-bond acceptors (Lipinski definition) is 19. The molecule has 4 saturated heterocycles. The number of rotatable bonds is 10. The molecule has 0 spiro atoms. The minimum Gasteiger partial charge on any atom is -0.353 e. The lowest BCUT2D eigenvalue weighted by Crippen LogP contribution is -2.49. The van der Waals surface area contributed by atoms with Gasteiger partial charge >= 0.3 is 0 Å². The van der Waals surface area contributed by atoms with Crippen molar-refractivity contribution in [3.63, 3.8) is 0 Å². The fraction of sp³-hybridized carbons (Fsp3) is 0.345. The van der Waals surface area contributed by atoms with Crippen molar-refractivity contribution in [2.45, 2.75) is 57.8 Å². The summed E-state index contributed by atoms with van der Waals surface area (Å²) in [5, 5.41) is 55.1. The van der Waals surface area contributed by atoms with E-state index in [2.05, 4.69) is 129 Å². The summed E-state index contributed by atoms with van der Waals surface area (Å²) < 4.78 is 10.5. The first-order valence-electron chi connectivity index (χ1n) is 39.1. The Morgan fingerprint density at radius 3 is 1.03 bits per heavy atom. The number of piperazine rings is 3. The Kier molecular flexibility index (Phi) is 21.9. The predicted molar refractivity (Wildman–Crippen MR) is 435 cm³/mol. The third-order valence-corrected chi connectivity index (χ3v) is 22.4. The van der Waals surface area contributed by atoms with Crippen LogP contribution in [-0.4, -0.2) is 209 Å². The molecule has 2 aliphatic carbocycles. The zero-order valence-electron chi connectivity index (χ0n) is 64.8. The van der Waals surface area contributed by atoms with Crippen molar-refractivity contribution < 1.29 is 14.4 Å². The average molecular weight is 1530 g/mol. The maximum Gasteiger partial charge on any atom is 0.298 e. The smallest absolute Gasteiger partial charge is 0.298 e. The van der Waals surface area contributed by atoms with Crippen LogP contribution in [0.2, 0.25) is 0 Å². The molecule has 576 valence electrons. The predicted octanol–water partition coefficient (Wildman–Crippen LogP) is 9.29. The lowest BCUT2D eigenvalue weighted by molar-refractivity contribution is -0.126. The van der Waals surface area contributed by atoms with Crippen molar-refractivity contribution in [3.05, 3.63) is 164 Å². The summed E-state index contributed by atoms with van der Waals surface area (Å²) in [5.74, 6) is 21.7. The molecule has 0 atom stereocenters. The first-order chi connectivity index (χ1) is 56.1. The molecule has 2 saturated carbocycles. The highest BCUT2D eigenvalue weighted by Crippen LogP contribution is 2.37. The summed E-state index contributed by atoms with van der Waals surface area (Å²) >= 11 is 0. The van der Waals surface area contributed by atoms with Gasteiger partial charge in [-0.25, -0.2) is 28.5 Å². The van der Waals surface area contributed by atoms with Crippen LogP contribution in [-0.2, 0) is 35.5 Å². The van der Waals surface area contributed by atoms with E-state index in [0.29, 0.717) is 113 Å². The number of nitriles is 3. The fourth-order valence-corrected chi connectivity index (χ4v) is 16.0. The Morgan fingerprint density at radius 2 is 0.713 bits per heavy atom. The van der Waals surface area contributed by atoms with Crippen LogP contribution in [0.4, 0.5) is 17.5 Å². The van der Waals surface area contributed by atoms with E-state index in [1.807, 2.05) is 147 Å². The van der Waals surface area contributed by atoms with Crippen molar-refractivity contribution in [2.24, 2.45) is 38.9 Å². The maximum atomic E-state index is 12.6. The summed E-state index contributed by atoms with van der Waals surface area (Å²) in [7, 11) is 7.70. The third-order valence-electron chi connectivity index (χ3n) is 22.4. The second-order valence-corrected chi connectivity index (χ2v) is 30.2. The van der Waals surface area contributed by atoms with Crippen LogP contribution in [0.5, 0.6) is 0 Å². The maximum absolute atomic E-state index is 12.6. The normalized spacial score (nSPS) is 15.9. The van der Waals surface area contributed by atoms with Gasteiger partial charge in [0.05, 0.1) is 70.4 Å². The van der Waals surface area contributed by atoms with Gasteiger partial charge in [-0.05, 0) is 111 Å². The Hall–Kier alpha value is -13.9. The summed E-state index contributed by atoms with van der Waals surface area (Å²) in [4.78, 5) is 66.2. The average Bonchev–Trinajstić information content (AvgIpc) is 1.69. The van der Waals surface area contributed by atoms with E-state index in [-0.39, 0.29) is 17.7 Å². The van der Waals surface area contributed by atoms with Crippen LogP contribution in [0.25, 0.3) is 83.3 Å². The highest BCUT2D eigenvalue weighted by atomic mass is 16.2. The molecule has 0 aromatic carbocycles. The van der Waals surface area contributed by atoms with Gasteiger partial charge in [0.15, 0.2) is 0 Å². The molecule has 16 heterocycles. The Labute approximate surface area is 666 Å². The van der Waals surface area contributed by atoms with Crippen molar-refractivity contribution in [3.8, 4) is 120 Å². The van der Waals surface area contributed by atoms with E-state index in [1.54, 1.807) is 46.2 Å². The van der Waals surface area contributed by atoms with Gasteiger partial charge in [-0.15, -0.1) is 0 Å². The molecule has 4 aliphatic heterocycles. The van der Waals surface area contributed by atoms with Crippen molar-refractivity contribution >= 4 is 51.7 Å². The SMILES string of the molecule is CN1CC(C#CC(=O)N2CCN(c3ccc(-c4cc(-c5cnn(C)c5)cn5ncc(C#N)c45)cn3)CC2)C1.Cn1cc(-c2cc(-c3ccc(N4CCN(C(=O)C#CC5CCCC5)CC4)nc3)c3c(C#N)cnn3c2)cn1.Cn1cc(-c2cc(-c3ccc(N4CCN(C(=O)C#CCC5CCCC5)CC4)nc3)c3c(C#N)cnn3c2)cn1. The molecule has 6 aliphatic rings. The molecule has 0 N–H and O–H groups in total. The van der Waals surface area contributed by atoms with E-state index >= 15 is 0 Å². The van der Waals surface area contributed by atoms with Crippen molar-refractivity contribution in [1.29, 1.82) is 15.8 Å². The zero-order chi connectivity index (χ0) is 79.1. The topological polar surface area (TPSA) is 289 Å². The Balaban J connectivity index is 0.000000130. The number of likely N-dealkylation sites (tertiary alicyclic amines) is 1. The number of aromatic nitrogens is 15. The van der Waals surface area contributed by atoms with Gasteiger partial charge in [-0.1, -0.05) is 43.4 Å². The van der Waals surface area contributed by atoms with Crippen LogP contribution >= 0.6 is 0 Å². The van der Waals surface area contributed by atoms with Gasteiger partial charge in [0.1, 0.15) is 35.7 Å². The molecule has 18 rings (SSSR count). The van der Waals surface area contributed by atoms with Gasteiger partial charge in [0, 0.05) is 254 Å². The summed E-state index contributed by atoms with van der Waals surface area (Å²) in [6, 6.07) is 25.0. The van der Waals surface area contributed by atoms with E-state index in [4.69, 9.17) is 15.0 Å². The minimum absolute atomic E-state index is 0.0634. The van der Waals surface area contributed by atoms with Crippen LogP contribution < -0.4 is 14.7 Å². The molecule has 6 fully saturated rings. The molecular weight excluding hydrogens is 1440 g/mol. The monoisotopic (exact) mass is 1530 g/mol. The zero-order valence-corrected chi connectivity index (χ0v) is 64.8. The van der Waals surface area contributed by atoms with Gasteiger partial charge in [0.25, 0.3) is 17.7 Å². The molecule has 0 bridgehead atoms. The van der Waals surface area contributed by atoms with Crippen LogP contribution in [0.1, 0.15) is 74.5 Å². The number of hydrogen-bond donors (Lipinski definition) is 0. The van der Waals surface area contributed by atoms with E-state index in [0.717, 1.165) is 133 Å². The molecule has 12 aromatic rings. The second kappa shape index (κ2) is 33.6. The fourth-order valence-electron chi connectivity index (χ4n) is 16.0. The second-order valence-electron chi connectivity index (χ2n) is 30.2. The largest absolute Gasteiger partial charge is 0.353 e. The molecule has 3 amide bonds. The number of carbonyl (C=O) groups excluding carboxylic acids is 3. The molecule has 28 nitrogen and oxygen atoms in total. The lowest BCUT2D eigenvalue weighted by Gasteiger charge is -2.35. The number of amides is 3. The number of anilines is 3. The Morgan fingerprint density at radius 1 is 0.374 bits per heavy atom. The highest BCUT2D eigenvalue weighted by molar-refractivity contribution is 5.96. The first kappa shape index (κ1) is 75.1. The molecule has 115 heavy (non-hydrogen) atoms. The van der Waals surface area contributed by atoms with Gasteiger partial charge in [0.2, 0.25) is 0 Å². The summed E-state index contributed by atoms with van der Waals surface area (Å²) in [6.45, 7) is 9.92. The molecule has 0 radical (unpaired) electrons. The van der Waals surface area contributed by atoms with Crippen LogP contribution in [0.3, 0.4) is 0 Å². The summed E-state index contributed by atoms with van der Waals surface area (Å²) in [5.41, 5.74) is 14.9. The Bertz CT molecular complexity index is 5940. The number of pyridine rings is 6. The van der Waals surface area contributed by atoms with E-state index in [9.17, 15) is 30.2 Å². The minimum atomic E-state index is -0.0888. The van der Waals surface area contributed by atoms with Crippen LogP contribution in [0.15, 0.2) is 148 Å². The van der Waals surface area contributed by atoms with Crippen molar-refractivity contribution in [2.75, 3.05) is 113 Å². The number of carbonyl (C=O) groups is 3. The van der Waals surface area contributed by atoms with E-state index in [1.165, 1.54) is 38.5 Å². The van der Waals surface area contributed by atoms with Gasteiger partial charge in [-0.2, -0.15) is 46.4 Å². The number of fused-ring (bicyclic) bond motifs is 3. The quantitative estimate of drug-likeness (QED) is 0.115. The van der Waals surface area contributed by atoms with Crippen LogP contribution in [0, 0.1) is 87.3 Å². The standard InChI is InChI=1S/C30H30N8O.C29H28N8O.C28H27N9O/c1-35-20-26(19-33-35)24-15-27(30-25(16-31)18-34-38(30)21-24)23-9-10-28(32-17-23)36-11-13-37(14-12-36)29(39)8-4-7-22-5-2-3-6-22;1-34-19-25(18-32-34)23-14-26(29-24(15-30)17-33-37(29)20-23)22-7-8-27(31-16-22)35-10-12-36(13-11-35)28(38)9-6-21-4-2-3-5-21;1-33-16-20(17-33)3-6-27(38)36-9-7-35(8-10-36)26-5-4-21(13-30-26)25-11-22(24-15-31-34(2)18-24)19-37-28(25)23(12-29)14-32-37/h9-10,15,17-22H,2-3,5-7,11-14H2,1H3;7-8,14,16-21H,2-5,10-13H2,1H3;4-5,11,13-15,18-20H,7-10,16-17H2,1-2H3. The van der Waals surface area contributed by atoms with E-state index < -0.39 is 0 Å². The number of aryl methyl sites for hydroxylation is 3. The molecule has 12 aromatic heterocycles. The third kappa shape index (κ3) is 16.7. The first-order valence-corrected chi connectivity index (χ1v) is 39.1. The highest BCUT2D eigenvalue weighted by Gasteiger charge is 2.28. The van der Waals surface area contributed by atoms with Gasteiger partial charge < -0.3 is 34.3 Å². The molecular formula is C87H85N25O3. The lowest BCUT2D eigenvalue weighted by atomic mass is 10.0.